The lowest BCUT2D eigenvalue weighted by Crippen LogP contribution is -2.23. The van der Waals surface area contributed by atoms with Crippen molar-refractivity contribution < 1.29 is 22.3 Å². The minimum atomic E-state index is -4.76. The van der Waals surface area contributed by atoms with Crippen LogP contribution < -0.4 is 10.1 Å². The van der Waals surface area contributed by atoms with Crippen LogP contribution in [0, 0.1) is 0 Å². The van der Waals surface area contributed by atoms with Gasteiger partial charge in [0.05, 0.1) is 0 Å². The van der Waals surface area contributed by atoms with Gasteiger partial charge in [-0.1, -0.05) is 12.1 Å². The molecular weight excluding hydrogens is 262 g/mol. The van der Waals surface area contributed by atoms with Gasteiger partial charge in [0.25, 0.3) is 0 Å². The van der Waals surface area contributed by atoms with Crippen molar-refractivity contribution in [2.75, 3.05) is 13.1 Å². The Morgan fingerprint density at radius 3 is 2.68 bits per heavy atom. The molecule has 1 saturated heterocycles. The molecule has 1 heterocycles. The fourth-order valence-electron chi connectivity index (χ4n) is 2.29. The van der Waals surface area contributed by atoms with Crippen LogP contribution in [0.4, 0.5) is 17.6 Å². The van der Waals surface area contributed by atoms with Gasteiger partial charge in [-0.15, -0.1) is 13.2 Å². The first-order chi connectivity index (χ1) is 8.89. The first-order valence-corrected chi connectivity index (χ1v) is 6.15. The van der Waals surface area contributed by atoms with E-state index in [1.54, 1.807) is 0 Å². The number of benzene rings is 1. The summed E-state index contributed by atoms with van der Waals surface area (Å²) in [6.07, 6.45) is -3.55. The minimum absolute atomic E-state index is 0.248. The van der Waals surface area contributed by atoms with Crippen molar-refractivity contribution in [3.8, 4) is 5.75 Å². The van der Waals surface area contributed by atoms with Gasteiger partial charge in [-0.25, -0.2) is 4.39 Å². The molecule has 6 heteroatoms. The zero-order valence-corrected chi connectivity index (χ0v) is 10.3. The highest BCUT2D eigenvalue weighted by Crippen LogP contribution is 2.37. The Balaban J connectivity index is 2.21. The predicted molar refractivity (Wildman–Crippen MR) is 62.6 cm³/mol. The number of rotatable bonds is 2. The summed E-state index contributed by atoms with van der Waals surface area (Å²) in [4.78, 5) is 0. The van der Waals surface area contributed by atoms with Crippen LogP contribution in [0.5, 0.6) is 5.75 Å². The van der Waals surface area contributed by atoms with E-state index in [2.05, 4.69) is 10.1 Å². The first kappa shape index (κ1) is 14.1. The molecule has 0 spiro atoms. The van der Waals surface area contributed by atoms with Crippen molar-refractivity contribution in [3.05, 3.63) is 29.8 Å². The average molecular weight is 277 g/mol. The van der Waals surface area contributed by atoms with Crippen LogP contribution >= 0.6 is 0 Å². The summed E-state index contributed by atoms with van der Waals surface area (Å²) < 4.78 is 55.1. The molecule has 2 nitrogen and oxygen atoms in total. The number of nitrogens with one attached hydrogen (secondary N) is 1. The van der Waals surface area contributed by atoms with E-state index in [1.807, 2.05) is 0 Å². The van der Waals surface area contributed by atoms with Crippen LogP contribution in [-0.4, -0.2) is 19.5 Å². The summed E-state index contributed by atoms with van der Waals surface area (Å²) in [5.41, 5.74) is -1.34. The molecular formula is C13H15F4NO. The smallest absolute Gasteiger partial charge is 0.406 e. The summed E-state index contributed by atoms with van der Waals surface area (Å²) in [6, 6.07) is 5.21. The lowest BCUT2D eigenvalue weighted by molar-refractivity contribution is -0.274. The fourth-order valence-corrected chi connectivity index (χ4v) is 2.29. The van der Waals surface area contributed by atoms with Gasteiger partial charge in [0.15, 0.2) is 0 Å². The second kappa shape index (κ2) is 5.36. The third-order valence-electron chi connectivity index (χ3n) is 3.21. The van der Waals surface area contributed by atoms with Crippen LogP contribution in [0.1, 0.15) is 24.8 Å². The van der Waals surface area contributed by atoms with Gasteiger partial charge in [-0.05, 0) is 50.0 Å². The molecule has 1 aliphatic rings. The summed E-state index contributed by atoms with van der Waals surface area (Å²) in [7, 11) is 0. The summed E-state index contributed by atoms with van der Waals surface area (Å²) in [5.74, 6) is -0.376. The van der Waals surface area contributed by atoms with Gasteiger partial charge in [0, 0.05) is 0 Å². The van der Waals surface area contributed by atoms with E-state index in [0.717, 1.165) is 12.6 Å². The van der Waals surface area contributed by atoms with Gasteiger partial charge in [0.2, 0.25) is 0 Å². The van der Waals surface area contributed by atoms with Crippen LogP contribution in [0.25, 0.3) is 0 Å². The molecule has 1 atom stereocenters. The second-order valence-corrected chi connectivity index (χ2v) is 4.64. The Kier molecular flexibility index (Phi) is 3.99. The SMILES string of the molecule is FC(F)(F)Oc1cccc(C2(F)CCCNCC2)c1. The third-order valence-corrected chi connectivity index (χ3v) is 3.21. The molecule has 1 fully saturated rings. The van der Waals surface area contributed by atoms with Gasteiger partial charge < -0.3 is 10.1 Å². The van der Waals surface area contributed by atoms with Crippen molar-refractivity contribution in [2.24, 2.45) is 0 Å². The van der Waals surface area contributed by atoms with Crippen molar-refractivity contribution in [1.29, 1.82) is 0 Å². The fraction of sp³-hybridized carbons (Fsp3) is 0.538. The second-order valence-electron chi connectivity index (χ2n) is 4.64. The zero-order valence-electron chi connectivity index (χ0n) is 10.3. The van der Waals surface area contributed by atoms with Crippen molar-refractivity contribution in [1.82, 2.24) is 5.32 Å². The van der Waals surface area contributed by atoms with E-state index in [-0.39, 0.29) is 17.7 Å². The molecule has 106 valence electrons. The number of halogens is 4. The molecule has 0 aliphatic carbocycles. The summed E-state index contributed by atoms with van der Waals surface area (Å²) >= 11 is 0. The van der Waals surface area contributed by atoms with E-state index in [9.17, 15) is 17.6 Å². The van der Waals surface area contributed by atoms with E-state index in [0.29, 0.717) is 19.4 Å². The minimum Gasteiger partial charge on any atom is -0.406 e. The van der Waals surface area contributed by atoms with E-state index in [4.69, 9.17) is 0 Å². The first-order valence-electron chi connectivity index (χ1n) is 6.15. The molecule has 1 aromatic carbocycles. The molecule has 1 aliphatic heterocycles. The van der Waals surface area contributed by atoms with E-state index >= 15 is 0 Å². The topological polar surface area (TPSA) is 21.3 Å². The van der Waals surface area contributed by atoms with Gasteiger partial charge >= 0.3 is 6.36 Å². The Hall–Kier alpha value is -1.30. The molecule has 0 bridgehead atoms. The Morgan fingerprint density at radius 1 is 1.16 bits per heavy atom. The molecule has 1 aromatic rings. The van der Waals surface area contributed by atoms with Crippen LogP contribution in [-0.2, 0) is 5.67 Å². The van der Waals surface area contributed by atoms with Gasteiger partial charge in [0.1, 0.15) is 11.4 Å². The standard InChI is InChI=1S/C13H15F4NO/c14-12(5-2-7-18-8-6-12)10-3-1-4-11(9-10)19-13(15,16)17/h1,3-4,9,18H,2,5-8H2. The largest absolute Gasteiger partial charge is 0.573 e. The van der Waals surface area contributed by atoms with E-state index < -0.39 is 12.0 Å². The maximum absolute atomic E-state index is 14.8. The average Bonchev–Trinajstić information content (AvgIpc) is 2.53. The van der Waals surface area contributed by atoms with Gasteiger partial charge in [-0.2, -0.15) is 0 Å². The highest BCUT2D eigenvalue weighted by atomic mass is 19.4. The van der Waals surface area contributed by atoms with Crippen molar-refractivity contribution >= 4 is 0 Å². The maximum Gasteiger partial charge on any atom is 0.573 e. The third kappa shape index (κ3) is 3.83. The van der Waals surface area contributed by atoms with Gasteiger partial charge in [-0.3, -0.25) is 0 Å². The highest BCUT2D eigenvalue weighted by Gasteiger charge is 2.35. The van der Waals surface area contributed by atoms with Crippen molar-refractivity contribution in [2.45, 2.75) is 31.3 Å². The number of hydrogen-bond acceptors (Lipinski definition) is 2. The maximum atomic E-state index is 14.8. The molecule has 0 saturated carbocycles. The predicted octanol–water partition coefficient (Wildman–Crippen LogP) is 3.52. The number of hydrogen-bond donors (Lipinski definition) is 1. The van der Waals surface area contributed by atoms with E-state index in [1.165, 1.54) is 18.2 Å². The van der Waals surface area contributed by atoms with Crippen LogP contribution in [0.2, 0.25) is 0 Å². The lowest BCUT2D eigenvalue weighted by atomic mass is 9.88. The molecule has 0 radical (unpaired) electrons. The molecule has 1 unspecified atom stereocenters. The Morgan fingerprint density at radius 2 is 1.95 bits per heavy atom. The molecule has 0 aromatic heterocycles. The Labute approximate surface area is 108 Å². The number of alkyl halides is 4. The zero-order chi connectivity index (χ0) is 13.9. The van der Waals surface area contributed by atoms with Crippen LogP contribution in [0.3, 0.4) is 0 Å². The molecule has 1 N–H and O–H groups in total. The number of ether oxygens (including phenoxy) is 1. The molecule has 0 amide bonds. The normalized spacial score (nSPS) is 24.8. The Bertz CT molecular complexity index is 425. The molecule has 2 rings (SSSR count). The quantitative estimate of drug-likeness (QED) is 0.835. The lowest BCUT2D eigenvalue weighted by Gasteiger charge is -2.24. The summed E-state index contributed by atoms with van der Waals surface area (Å²) in [6.45, 7) is 1.24. The highest BCUT2D eigenvalue weighted by molar-refractivity contribution is 5.32. The monoisotopic (exact) mass is 277 g/mol. The van der Waals surface area contributed by atoms with Crippen molar-refractivity contribution in [3.63, 3.8) is 0 Å². The molecule has 19 heavy (non-hydrogen) atoms. The van der Waals surface area contributed by atoms with Crippen LogP contribution in [0.15, 0.2) is 24.3 Å². The summed E-state index contributed by atoms with van der Waals surface area (Å²) in [5, 5.41) is 3.07.